The molecule has 0 spiro atoms. The maximum atomic E-state index is 12.3. The van der Waals surface area contributed by atoms with Crippen LogP contribution >= 0.6 is 11.6 Å². The molecule has 5 nitrogen and oxygen atoms in total. The number of carbonyl (C=O) groups excluding carboxylic acids is 1. The number of rotatable bonds is 6. The van der Waals surface area contributed by atoms with Gasteiger partial charge in [-0.2, -0.15) is 5.10 Å². The summed E-state index contributed by atoms with van der Waals surface area (Å²) in [5.74, 6) is -0.0566. The Balaban J connectivity index is 1.53. The van der Waals surface area contributed by atoms with Crippen LogP contribution in [0.15, 0.2) is 54.7 Å². The van der Waals surface area contributed by atoms with Gasteiger partial charge in [-0.15, -0.1) is 0 Å². The van der Waals surface area contributed by atoms with E-state index in [9.17, 15) is 4.79 Å². The Morgan fingerprint density at radius 1 is 1.20 bits per heavy atom. The Bertz CT molecular complexity index is 847. The highest BCUT2D eigenvalue weighted by atomic mass is 35.5. The summed E-state index contributed by atoms with van der Waals surface area (Å²) in [4.78, 5) is 17.9. The van der Waals surface area contributed by atoms with E-state index in [0.717, 1.165) is 29.8 Å². The van der Waals surface area contributed by atoms with Crippen LogP contribution in [0, 0.1) is 0 Å². The fourth-order valence-corrected chi connectivity index (χ4v) is 2.78. The SMILES string of the molecule is CN(CCCc1cc(-c2ccccc2)n[nH]1)C(=O)c1ccnc(Cl)c1. The van der Waals surface area contributed by atoms with Gasteiger partial charge in [0.1, 0.15) is 5.15 Å². The average Bonchev–Trinajstić information content (AvgIpc) is 3.10. The minimum absolute atomic E-state index is 0.0566. The monoisotopic (exact) mass is 354 g/mol. The summed E-state index contributed by atoms with van der Waals surface area (Å²) in [6.45, 7) is 0.651. The molecule has 0 atom stereocenters. The van der Waals surface area contributed by atoms with Crippen LogP contribution in [0.1, 0.15) is 22.5 Å². The van der Waals surface area contributed by atoms with Gasteiger partial charge in [0.15, 0.2) is 0 Å². The van der Waals surface area contributed by atoms with Crippen molar-refractivity contribution in [3.8, 4) is 11.3 Å². The molecule has 2 heterocycles. The summed E-state index contributed by atoms with van der Waals surface area (Å²) >= 11 is 5.84. The zero-order valence-electron chi connectivity index (χ0n) is 13.9. The summed E-state index contributed by atoms with van der Waals surface area (Å²) in [6.07, 6.45) is 3.21. The van der Waals surface area contributed by atoms with E-state index >= 15 is 0 Å². The zero-order chi connectivity index (χ0) is 17.6. The molecule has 0 radical (unpaired) electrons. The van der Waals surface area contributed by atoms with Gasteiger partial charge >= 0.3 is 0 Å². The number of hydrogen-bond donors (Lipinski definition) is 1. The Hall–Kier alpha value is -2.66. The van der Waals surface area contributed by atoms with Crippen molar-refractivity contribution in [2.75, 3.05) is 13.6 Å². The second kappa shape index (κ2) is 7.94. The van der Waals surface area contributed by atoms with E-state index in [-0.39, 0.29) is 5.91 Å². The topological polar surface area (TPSA) is 61.9 Å². The molecule has 0 fully saturated rings. The first-order valence-corrected chi connectivity index (χ1v) is 8.48. The van der Waals surface area contributed by atoms with Gasteiger partial charge in [-0.05, 0) is 31.0 Å². The second-order valence-corrected chi connectivity index (χ2v) is 6.23. The quantitative estimate of drug-likeness (QED) is 0.684. The molecule has 1 N–H and O–H groups in total. The molecule has 1 aromatic carbocycles. The van der Waals surface area contributed by atoms with Crippen LogP contribution in [0.3, 0.4) is 0 Å². The number of pyridine rings is 1. The molecule has 3 aromatic rings. The van der Waals surface area contributed by atoms with E-state index in [0.29, 0.717) is 17.3 Å². The fraction of sp³-hybridized carbons (Fsp3) is 0.211. The van der Waals surface area contributed by atoms with Gasteiger partial charge in [-0.3, -0.25) is 9.89 Å². The number of aromatic nitrogens is 3. The highest BCUT2D eigenvalue weighted by molar-refractivity contribution is 6.29. The van der Waals surface area contributed by atoms with E-state index < -0.39 is 0 Å². The van der Waals surface area contributed by atoms with Crippen molar-refractivity contribution < 1.29 is 4.79 Å². The maximum Gasteiger partial charge on any atom is 0.253 e. The number of aromatic amines is 1. The molecule has 3 rings (SSSR count). The van der Waals surface area contributed by atoms with Crippen molar-refractivity contribution >= 4 is 17.5 Å². The summed E-state index contributed by atoms with van der Waals surface area (Å²) in [6, 6.07) is 15.4. The van der Waals surface area contributed by atoms with Gasteiger partial charge < -0.3 is 4.90 Å². The molecule has 0 bridgehead atoms. The number of hydrogen-bond acceptors (Lipinski definition) is 3. The molecule has 0 aliphatic heterocycles. The minimum atomic E-state index is -0.0566. The normalized spacial score (nSPS) is 10.6. The average molecular weight is 355 g/mol. The third kappa shape index (κ3) is 4.45. The Morgan fingerprint density at radius 2 is 2.00 bits per heavy atom. The maximum absolute atomic E-state index is 12.3. The van der Waals surface area contributed by atoms with E-state index in [1.54, 1.807) is 30.3 Å². The number of halogens is 1. The Kier molecular flexibility index (Phi) is 5.46. The molecule has 0 saturated carbocycles. The highest BCUT2D eigenvalue weighted by Gasteiger charge is 2.12. The van der Waals surface area contributed by atoms with Gasteiger partial charge in [0.2, 0.25) is 0 Å². The number of nitrogens with zero attached hydrogens (tertiary/aromatic N) is 3. The summed E-state index contributed by atoms with van der Waals surface area (Å²) in [5, 5.41) is 7.74. The van der Waals surface area contributed by atoms with Gasteiger partial charge in [0.25, 0.3) is 5.91 Å². The van der Waals surface area contributed by atoms with Crippen molar-refractivity contribution in [3.05, 3.63) is 71.1 Å². The second-order valence-electron chi connectivity index (χ2n) is 5.84. The predicted molar refractivity (Wildman–Crippen MR) is 98.6 cm³/mol. The third-order valence-corrected chi connectivity index (χ3v) is 4.17. The number of H-pyrrole nitrogens is 1. The van der Waals surface area contributed by atoms with Crippen molar-refractivity contribution in [1.82, 2.24) is 20.1 Å². The fourth-order valence-electron chi connectivity index (χ4n) is 2.61. The first-order chi connectivity index (χ1) is 12.1. The van der Waals surface area contributed by atoms with E-state index in [1.807, 2.05) is 30.3 Å². The lowest BCUT2D eigenvalue weighted by Crippen LogP contribution is -2.28. The smallest absolute Gasteiger partial charge is 0.253 e. The molecule has 6 heteroatoms. The van der Waals surface area contributed by atoms with Crippen molar-refractivity contribution in [2.24, 2.45) is 0 Å². The zero-order valence-corrected chi connectivity index (χ0v) is 14.7. The van der Waals surface area contributed by atoms with E-state index in [2.05, 4.69) is 21.2 Å². The van der Waals surface area contributed by atoms with E-state index in [1.165, 1.54) is 0 Å². The van der Waals surface area contributed by atoms with Gasteiger partial charge in [-0.1, -0.05) is 41.9 Å². The predicted octanol–water partition coefficient (Wildman–Crippen LogP) is 3.83. The molecule has 128 valence electrons. The first kappa shape index (κ1) is 17.2. The van der Waals surface area contributed by atoms with Crippen LogP contribution < -0.4 is 0 Å². The third-order valence-electron chi connectivity index (χ3n) is 3.96. The number of nitrogens with one attached hydrogen (secondary N) is 1. The van der Waals surface area contributed by atoms with Gasteiger partial charge in [0.05, 0.1) is 5.69 Å². The number of aryl methyl sites for hydroxylation is 1. The van der Waals surface area contributed by atoms with Gasteiger partial charge in [-0.25, -0.2) is 4.98 Å². The minimum Gasteiger partial charge on any atom is -0.342 e. The lowest BCUT2D eigenvalue weighted by Gasteiger charge is -2.16. The summed E-state index contributed by atoms with van der Waals surface area (Å²) < 4.78 is 0. The molecular formula is C19H19ClN4O. The summed E-state index contributed by atoms with van der Waals surface area (Å²) in [5.41, 5.74) is 3.64. The van der Waals surface area contributed by atoms with Crippen LogP contribution in [0.5, 0.6) is 0 Å². The molecule has 0 aliphatic rings. The van der Waals surface area contributed by atoms with Crippen LogP contribution in [-0.4, -0.2) is 39.6 Å². The number of benzene rings is 1. The van der Waals surface area contributed by atoms with Crippen LogP contribution in [0.2, 0.25) is 5.15 Å². The molecular weight excluding hydrogens is 336 g/mol. The molecule has 0 aliphatic carbocycles. The molecule has 2 aromatic heterocycles. The van der Waals surface area contributed by atoms with Crippen LogP contribution in [-0.2, 0) is 6.42 Å². The largest absolute Gasteiger partial charge is 0.342 e. The molecule has 1 amide bonds. The number of carbonyl (C=O) groups is 1. The van der Waals surface area contributed by atoms with Crippen LogP contribution in [0.25, 0.3) is 11.3 Å². The first-order valence-electron chi connectivity index (χ1n) is 8.10. The molecule has 0 saturated heterocycles. The van der Waals surface area contributed by atoms with Crippen molar-refractivity contribution in [1.29, 1.82) is 0 Å². The van der Waals surface area contributed by atoms with E-state index in [4.69, 9.17) is 11.6 Å². The Labute approximate surface area is 151 Å². The lowest BCUT2D eigenvalue weighted by molar-refractivity contribution is 0.0793. The highest BCUT2D eigenvalue weighted by Crippen LogP contribution is 2.17. The number of amides is 1. The van der Waals surface area contributed by atoms with Crippen molar-refractivity contribution in [2.45, 2.75) is 12.8 Å². The Morgan fingerprint density at radius 3 is 2.76 bits per heavy atom. The summed E-state index contributed by atoms with van der Waals surface area (Å²) in [7, 11) is 1.79. The molecule has 25 heavy (non-hydrogen) atoms. The van der Waals surface area contributed by atoms with Crippen molar-refractivity contribution in [3.63, 3.8) is 0 Å². The lowest BCUT2D eigenvalue weighted by atomic mass is 10.1. The van der Waals surface area contributed by atoms with Gasteiger partial charge in [0, 0.05) is 36.6 Å². The molecule has 0 unspecified atom stereocenters. The van der Waals surface area contributed by atoms with Crippen LogP contribution in [0.4, 0.5) is 0 Å². The standard InChI is InChI=1S/C19H19ClN4O/c1-24(19(25)15-9-10-21-18(20)12-15)11-5-8-16-13-17(23-22-16)14-6-3-2-4-7-14/h2-4,6-7,9-10,12-13H,5,8,11H2,1H3,(H,22,23).